The lowest BCUT2D eigenvalue weighted by Crippen LogP contribution is -2.25. The largest absolute Gasteiger partial charge is 0.310 e. The number of hydrogen-bond acceptors (Lipinski definition) is 3. The molecular formula is C13H16FN3O. The van der Waals surface area contributed by atoms with Gasteiger partial charge in [-0.3, -0.25) is 4.79 Å². The molecule has 0 aromatic carbocycles. The van der Waals surface area contributed by atoms with Crippen molar-refractivity contribution in [3.63, 3.8) is 0 Å². The Morgan fingerprint density at radius 3 is 2.33 bits per heavy atom. The van der Waals surface area contributed by atoms with Crippen molar-refractivity contribution in [1.29, 1.82) is 0 Å². The number of nitrogens with zero attached hydrogens (tertiary/aromatic N) is 3. The lowest BCUT2D eigenvalue weighted by atomic mass is 10.0. The summed E-state index contributed by atoms with van der Waals surface area (Å²) in [4.78, 5) is 16.0. The van der Waals surface area contributed by atoms with E-state index in [2.05, 4.69) is 10.1 Å². The molecule has 0 saturated carbocycles. The van der Waals surface area contributed by atoms with Gasteiger partial charge in [0.05, 0.1) is 11.4 Å². The summed E-state index contributed by atoms with van der Waals surface area (Å²) in [5, 5.41) is 4.24. The van der Waals surface area contributed by atoms with Gasteiger partial charge in [-0.15, -0.1) is 0 Å². The van der Waals surface area contributed by atoms with Crippen LogP contribution < -0.4 is 5.56 Å². The predicted octanol–water partition coefficient (Wildman–Crippen LogP) is 2.28. The third-order valence-corrected chi connectivity index (χ3v) is 3.21. The van der Waals surface area contributed by atoms with Crippen LogP contribution in [0.15, 0.2) is 4.79 Å². The molecule has 96 valence electrons. The first kappa shape index (κ1) is 12.7. The van der Waals surface area contributed by atoms with Crippen LogP contribution in [0, 0.1) is 26.6 Å². The lowest BCUT2D eigenvalue weighted by Gasteiger charge is -2.14. The molecule has 0 saturated heterocycles. The summed E-state index contributed by atoms with van der Waals surface area (Å²) < 4.78 is 14.7. The Morgan fingerprint density at radius 1 is 1.17 bits per heavy atom. The Labute approximate surface area is 104 Å². The van der Waals surface area contributed by atoms with E-state index in [1.54, 1.807) is 0 Å². The van der Waals surface area contributed by atoms with Gasteiger partial charge in [-0.25, -0.2) is 4.98 Å². The van der Waals surface area contributed by atoms with Crippen LogP contribution in [0.5, 0.6) is 0 Å². The fraction of sp³-hybridized carbons (Fsp3) is 0.462. The normalized spacial score (nSPS) is 11.5. The highest BCUT2D eigenvalue weighted by atomic mass is 19.1. The zero-order chi connectivity index (χ0) is 13.6. The van der Waals surface area contributed by atoms with Crippen molar-refractivity contribution < 1.29 is 4.39 Å². The van der Waals surface area contributed by atoms with Crippen molar-refractivity contribution in [1.82, 2.24) is 14.6 Å². The van der Waals surface area contributed by atoms with E-state index < -0.39 is 11.4 Å². The summed E-state index contributed by atoms with van der Waals surface area (Å²) in [6, 6.07) is 0. The first-order valence-electron chi connectivity index (χ1n) is 5.90. The number of hydrogen-bond donors (Lipinski definition) is 0. The van der Waals surface area contributed by atoms with Gasteiger partial charge in [0, 0.05) is 0 Å². The number of halogens is 1. The van der Waals surface area contributed by atoms with E-state index in [0.717, 1.165) is 21.3 Å². The third-order valence-electron chi connectivity index (χ3n) is 3.21. The SMILES string of the molecule is Cc1nc2c(C)c(C)c(C(C)C)nn2c(=O)c1F. The molecule has 0 aliphatic heterocycles. The molecule has 0 spiro atoms. The average molecular weight is 249 g/mol. The lowest BCUT2D eigenvalue weighted by molar-refractivity contribution is 0.572. The monoisotopic (exact) mass is 249 g/mol. The first-order chi connectivity index (χ1) is 8.34. The van der Waals surface area contributed by atoms with E-state index in [-0.39, 0.29) is 11.6 Å². The molecule has 2 aromatic rings. The minimum atomic E-state index is -0.835. The van der Waals surface area contributed by atoms with E-state index >= 15 is 0 Å². The van der Waals surface area contributed by atoms with Crippen molar-refractivity contribution >= 4 is 5.65 Å². The quantitative estimate of drug-likeness (QED) is 0.779. The molecule has 0 radical (unpaired) electrons. The molecule has 18 heavy (non-hydrogen) atoms. The maximum absolute atomic E-state index is 13.6. The zero-order valence-corrected chi connectivity index (χ0v) is 11.2. The predicted molar refractivity (Wildman–Crippen MR) is 67.5 cm³/mol. The summed E-state index contributed by atoms with van der Waals surface area (Å²) in [6.07, 6.45) is 0. The summed E-state index contributed by atoms with van der Waals surface area (Å²) in [7, 11) is 0. The van der Waals surface area contributed by atoms with E-state index in [1.807, 2.05) is 27.7 Å². The van der Waals surface area contributed by atoms with Gasteiger partial charge in [0.1, 0.15) is 0 Å². The second-order valence-corrected chi connectivity index (χ2v) is 4.84. The zero-order valence-electron chi connectivity index (χ0n) is 11.2. The number of rotatable bonds is 1. The maximum atomic E-state index is 13.6. The minimum absolute atomic E-state index is 0.113. The van der Waals surface area contributed by atoms with Crippen LogP contribution in [0.3, 0.4) is 0 Å². The molecule has 0 N–H and O–H groups in total. The highest BCUT2D eigenvalue weighted by molar-refractivity contribution is 5.51. The van der Waals surface area contributed by atoms with E-state index in [0.29, 0.717) is 5.65 Å². The summed E-state index contributed by atoms with van der Waals surface area (Å²) in [5.74, 6) is -0.665. The average Bonchev–Trinajstić information content (AvgIpc) is 2.31. The second kappa shape index (κ2) is 4.15. The molecule has 0 aliphatic carbocycles. The summed E-state index contributed by atoms with van der Waals surface area (Å²) in [5.41, 5.74) is 2.48. The summed E-state index contributed by atoms with van der Waals surface area (Å²) >= 11 is 0. The van der Waals surface area contributed by atoms with Gasteiger partial charge in [0.15, 0.2) is 5.65 Å². The van der Waals surface area contributed by atoms with Crippen LogP contribution in [-0.4, -0.2) is 14.6 Å². The fourth-order valence-electron chi connectivity index (χ4n) is 2.03. The number of aromatic nitrogens is 3. The van der Waals surface area contributed by atoms with Gasteiger partial charge in [-0.05, 0) is 37.8 Å². The van der Waals surface area contributed by atoms with E-state index in [9.17, 15) is 9.18 Å². The second-order valence-electron chi connectivity index (χ2n) is 4.84. The molecule has 2 heterocycles. The van der Waals surface area contributed by atoms with Gasteiger partial charge in [-0.1, -0.05) is 13.8 Å². The van der Waals surface area contributed by atoms with Gasteiger partial charge in [0.2, 0.25) is 5.82 Å². The van der Waals surface area contributed by atoms with Gasteiger partial charge < -0.3 is 0 Å². The molecule has 0 fully saturated rings. The van der Waals surface area contributed by atoms with Crippen molar-refractivity contribution in [3.8, 4) is 0 Å². The first-order valence-corrected chi connectivity index (χ1v) is 5.90. The highest BCUT2D eigenvalue weighted by Crippen LogP contribution is 2.21. The fourth-order valence-corrected chi connectivity index (χ4v) is 2.03. The van der Waals surface area contributed by atoms with Gasteiger partial charge in [-0.2, -0.15) is 14.0 Å². The van der Waals surface area contributed by atoms with Gasteiger partial charge >= 0.3 is 5.56 Å². The van der Waals surface area contributed by atoms with Crippen LogP contribution in [0.25, 0.3) is 5.65 Å². The van der Waals surface area contributed by atoms with Crippen molar-refractivity contribution in [2.24, 2.45) is 0 Å². The van der Waals surface area contributed by atoms with E-state index in [1.165, 1.54) is 6.92 Å². The topological polar surface area (TPSA) is 47.3 Å². The van der Waals surface area contributed by atoms with E-state index in [4.69, 9.17) is 0 Å². The van der Waals surface area contributed by atoms with Crippen molar-refractivity contribution in [2.75, 3.05) is 0 Å². The molecule has 4 nitrogen and oxygen atoms in total. The molecule has 0 amide bonds. The Bertz CT molecular complexity index is 689. The van der Waals surface area contributed by atoms with Crippen molar-refractivity contribution in [2.45, 2.75) is 40.5 Å². The number of aryl methyl sites for hydroxylation is 2. The van der Waals surface area contributed by atoms with Crippen LogP contribution in [0.2, 0.25) is 0 Å². The number of fused-ring (bicyclic) bond motifs is 1. The molecule has 2 aromatic heterocycles. The standard InChI is InChI=1S/C13H16FN3O/c1-6(2)11-7(3)8(4)12-15-9(5)10(14)13(18)17(12)16-11/h6H,1-5H3. The van der Waals surface area contributed by atoms with Crippen LogP contribution >= 0.6 is 0 Å². The van der Waals surface area contributed by atoms with Crippen molar-refractivity contribution in [3.05, 3.63) is 38.7 Å². The molecule has 0 bridgehead atoms. The Kier molecular flexibility index (Phi) is 2.92. The Hall–Kier alpha value is -1.78. The molecule has 5 heteroatoms. The van der Waals surface area contributed by atoms with Crippen LogP contribution in [0.4, 0.5) is 4.39 Å². The molecular weight excluding hydrogens is 233 g/mol. The maximum Gasteiger partial charge on any atom is 0.310 e. The Morgan fingerprint density at radius 2 is 1.78 bits per heavy atom. The molecule has 0 atom stereocenters. The van der Waals surface area contributed by atoms with Crippen LogP contribution in [0.1, 0.15) is 42.3 Å². The highest BCUT2D eigenvalue weighted by Gasteiger charge is 2.16. The minimum Gasteiger partial charge on any atom is -0.264 e. The molecule has 2 rings (SSSR count). The molecule has 0 aliphatic rings. The van der Waals surface area contributed by atoms with Gasteiger partial charge in [0.25, 0.3) is 0 Å². The third kappa shape index (κ3) is 1.70. The smallest absolute Gasteiger partial charge is 0.264 e. The summed E-state index contributed by atoms with van der Waals surface area (Å²) in [6.45, 7) is 9.29. The molecule has 0 unspecified atom stereocenters. The van der Waals surface area contributed by atoms with Crippen LogP contribution in [-0.2, 0) is 0 Å². The Balaban J connectivity index is 3.01.